The molecule has 1 saturated heterocycles. The third kappa shape index (κ3) is 2.99. The van der Waals surface area contributed by atoms with Crippen LogP contribution in [0, 0.1) is 0 Å². The van der Waals surface area contributed by atoms with Crippen LogP contribution in [0.25, 0.3) is 5.57 Å². The average molecular weight is 404 g/mol. The van der Waals surface area contributed by atoms with Crippen LogP contribution in [-0.2, 0) is 4.79 Å². The zero-order valence-electron chi connectivity index (χ0n) is 13.1. The molecule has 1 fully saturated rings. The number of amides is 2. The van der Waals surface area contributed by atoms with E-state index in [1.807, 2.05) is 31.2 Å². The second-order valence-electron chi connectivity index (χ2n) is 5.14. The number of benzene rings is 2. The summed E-state index contributed by atoms with van der Waals surface area (Å²) in [6, 6.07) is 14.6. The standard InChI is InChI=1S/C18H14BrNO3S/c1-11(12-7-9-13(19)10-8-12)16-17(21)20(18(22)24-16)14-5-3-4-6-15(14)23-2/h3-10H,1-2H3/b16-11-. The van der Waals surface area contributed by atoms with Crippen molar-refractivity contribution in [2.24, 2.45) is 0 Å². The van der Waals surface area contributed by atoms with Crippen molar-refractivity contribution >= 4 is 50.1 Å². The topological polar surface area (TPSA) is 46.6 Å². The summed E-state index contributed by atoms with van der Waals surface area (Å²) in [5.74, 6) is 0.164. The number of halogens is 1. The van der Waals surface area contributed by atoms with E-state index in [1.54, 1.807) is 24.3 Å². The van der Waals surface area contributed by atoms with Crippen LogP contribution in [0.1, 0.15) is 12.5 Å². The highest BCUT2D eigenvalue weighted by Crippen LogP contribution is 2.41. The highest BCUT2D eigenvalue weighted by atomic mass is 79.9. The quantitative estimate of drug-likeness (QED) is 0.669. The molecule has 0 aromatic heterocycles. The number of rotatable bonds is 3. The fourth-order valence-corrected chi connectivity index (χ4v) is 3.61. The Morgan fingerprint density at radius 1 is 1.08 bits per heavy atom. The lowest BCUT2D eigenvalue weighted by Gasteiger charge is -2.16. The molecule has 122 valence electrons. The van der Waals surface area contributed by atoms with E-state index in [0.29, 0.717) is 16.3 Å². The molecule has 3 rings (SSSR count). The molecule has 0 N–H and O–H groups in total. The Morgan fingerprint density at radius 3 is 2.42 bits per heavy atom. The van der Waals surface area contributed by atoms with E-state index in [4.69, 9.17) is 4.74 Å². The molecular weight excluding hydrogens is 390 g/mol. The first-order valence-electron chi connectivity index (χ1n) is 7.19. The Labute approximate surface area is 152 Å². The molecule has 0 spiro atoms. The van der Waals surface area contributed by atoms with Crippen LogP contribution in [-0.4, -0.2) is 18.3 Å². The highest BCUT2D eigenvalue weighted by molar-refractivity contribution is 9.10. The number of carbonyl (C=O) groups excluding carboxylic acids is 2. The first-order chi connectivity index (χ1) is 11.5. The Morgan fingerprint density at radius 2 is 1.75 bits per heavy atom. The van der Waals surface area contributed by atoms with Crippen molar-refractivity contribution < 1.29 is 14.3 Å². The lowest BCUT2D eigenvalue weighted by molar-refractivity contribution is -0.113. The molecule has 0 bridgehead atoms. The summed E-state index contributed by atoms with van der Waals surface area (Å²) in [5.41, 5.74) is 2.15. The Bertz CT molecular complexity index is 846. The van der Waals surface area contributed by atoms with Gasteiger partial charge in [-0.15, -0.1) is 0 Å². The van der Waals surface area contributed by atoms with Gasteiger partial charge in [-0.2, -0.15) is 0 Å². The van der Waals surface area contributed by atoms with Gasteiger partial charge in [-0.3, -0.25) is 9.59 Å². The molecule has 1 heterocycles. The van der Waals surface area contributed by atoms with Crippen molar-refractivity contribution in [2.75, 3.05) is 12.0 Å². The molecular formula is C18H14BrNO3S. The summed E-state index contributed by atoms with van der Waals surface area (Å²) in [4.78, 5) is 26.9. The van der Waals surface area contributed by atoms with Crippen molar-refractivity contribution in [3.8, 4) is 5.75 Å². The molecule has 4 nitrogen and oxygen atoms in total. The molecule has 6 heteroatoms. The smallest absolute Gasteiger partial charge is 0.298 e. The molecule has 2 aromatic carbocycles. The third-order valence-electron chi connectivity index (χ3n) is 3.71. The van der Waals surface area contributed by atoms with Gasteiger partial charge in [0, 0.05) is 4.47 Å². The minimum absolute atomic E-state index is 0.323. The van der Waals surface area contributed by atoms with E-state index < -0.39 is 0 Å². The van der Waals surface area contributed by atoms with E-state index in [9.17, 15) is 9.59 Å². The zero-order valence-corrected chi connectivity index (χ0v) is 15.5. The lowest BCUT2D eigenvalue weighted by atomic mass is 10.1. The predicted molar refractivity (Wildman–Crippen MR) is 100 cm³/mol. The van der Waals surface area contributed by atoms with Gasteiger partial charge < -0.3 is 4.74 Å². The first-order valence-corrected chi connectivity index (χ1v) is 8.80. The van der Waals surface area contributed by atoms with Gasteiger partial charge in [-0.1, -0.05) is 40.2 Å². The maximum absolute atomic E-state index is 12.8. The SMILES string of the molecule is COc1ccccc1N1C(=O)S/C(=C(/C)c2ccc(Br)cc2)C1=O. The number of methoxy groups -OCH3 is 1. The van der Waals surface area contributed by atoms with E-state index in [-0.39, 0.29) is 11.1 Å². The van der Waals surface area contributed by atoms with Gasteiger partial charge in [-0.05, 0) is 54.1 Å². The van der Waals surface area contributed by atoms with Crippen LogP contribution in [0.4, 0.5) is 10.5 Å². The van der Waals surface area contributed by atoms with Crippen LogP contribution >= 0.6 is 27.7 Å². The second-order valence-corrected chi connectivity index (χ2v) is 7.02. The monoisotopic (exact) mass is 403 g/mol. The predicted octanol–water partition coefficient (Wildman–Crippen LogP) is 5.09. The van der Waals surface area contributed by atoms with Gasteiger partial charge in [0.25, 0.3) is 11.1 Å². The molecule has 1 aliphatic rings. The van der Waals surface area contributed by atoms with Crippen LogP contribution in [0.5, 0.6) is 5.75 Å². The van der Waals surface area contributed by atoms with Crippen LogP contribution in [0.3, 0.4) is 0 Å². The average Bonchev–Trinajstić information content (AvgIpc) is 2.89. The van der Waals surface area contributed by atoms with E-state index >= 15 is 0 Å². The molecule has 0 unspecified atom stereocenters. The number of allylic oxidation sites excluding steroid dienone is 1. The van der Waals surface area contributed by atoms with E-state index in [1.165, 1.54) is 12.0 Å². The number of imide groups is 1. The van der Waals surface area contributed by atoms with Crippen LogP contribution in [0.15, 0.2) is 57.9 Å². The van der Waals surface area contributed by atoms with Crippen LogP contribution < -0.4 is 9.64 Å². The summed E-state index contributed by atoms with van der Waals surface area (Å²) >= 11 is 4.34. The minimum atomic E-state index is -0.324. The molecule has 24 heavy (non-hydrogen) atoms. The van der Waals surface area contributed by atoms with Gasteiger partial charge in [0.1, 0.15) is 5.75 Å². The first kappa shape index (κ1) is 16.8. The number of hydrogen-bond donors (Lipinski definition) is 0. The lowest BCUT2D eigenvalue weighted by Crippen LogP contribution is -2.28. The normalized spacial score (nSPS) is 16.5. The Balaban J connectivity index is 2.03. The maximum atomic E-state index is 12.8. The van der Waals surface area contributed by atoms with Crippen molar-refractivity contribution in [1.29, 1.82) is 0 Å². The number of thioether (sulfide) groups is 1. The molecule has 0 atom stereocenters. The summed E-state index contributed by atoms with van der Waals surface area (Å²) in [7, 11) is 1.51. The van der Waals surface area contributed by atoms with Crippen molar-refractivity contribution in [2.45, 2.75) is 6.92 Å². The summed E-state index contributed by atoms with van der Waals surface area (Å²) < 4.78 is 6.23. The molecule has 1 aliphatic heterocycles. The van der Waals surface area contributed by atoms with Crippen LogP contribution in [0.2, 0.25) is 0 Å². The summed E-state index contributed by atoms with van der Waals surface area (Å²) in [5, 5.41) is -0.323. The number of para-hydroxylation sites is 2. The Hall–Kier alpha value is -2.05. The number of ether oxygens (including phenoxy) is 1. The van der Waals surface area contributed by atoms with Crippen molar-refractivity contribution in [1.82, 2.24) is 0 Å². The number of anilines is 1. The van der Waals surface area contributed by atoms with Gasteiger partial charge in [-0.25, -0.2) is 4.90 Å². The van der Waals surface area contributed by atoms with Crippen molar-refractivity contribution in [3.05, 3.63) is 63.5 Å². The largest absolute Gasteiger partial charge is 0.495 e. The summed E-state index contributed by atoms with van der Waals surface area (Å²) in [6.45, 7) is 1.85. The minimum Gasteiger partial charge on any atom is -0.495 e. The van der Waals surface area contributed by atoms with Gasteiger partial charge in [0.15, 0.2) is 0 Å². The molecule has 0 radical (unpaired) electrons. The Kier molecular flexibility index (Phi) is 4.78. The van der Waals surface area contributed by atoms with Gasteiger partial charge >= 0.3 is 0 Å². The highest BCUT2D eigenvalue weighted by Gasteiger charge is 2.39. The molecule has 2 amide bonds. The van der Waals surface area contributed by atoms with Crippen molar-refractivity contribution in [3.63, 3.8) is 0 Å². The molecule has 0 aliphatic carbocycles. The maximum Gasteiger partial charge on any atom is 0.298 e. The third-order valence-corrected chi connectivity index (χ3v) is 5.28. The summed E-state index contributed by atoms with van der Waals surface area (Å²) in [6.07, 6.45) is 0. The van der Waals surface area contributed by atoms with Gasteiger partial charge in [0.2, 0.25) is 0 Å². The fourth-order valence-electron chi connectivity index (χ4n) is 2.45. The zero-order chi connectivity index (χ0) is 17.3. The number of hydrogen-bond acceptors (Lipinski definition) is 4. The van der Waals surface area contributed by atoms with Gasteiger partial charge in [0.05, 0.1) is 17.7 Å². The fraction of sp³-hybridized carbons (Fsp3) is 0.111. The molecule has 2 aromatic rings. The van der Waals surface area contributed by atoms with E-state index in [0.717, 1.165) is 27.4 Å². The second kappa shape index (κ2) is 6.83. The van der Waals surface area contributed by atoms with E-state index in [2.05, 4.69) is 15.9 Å². The number of nitrogens with zero attached hydrogens (tertiary/aromatic N) is 1. The molecule has 0 saturated carbocycles. The number of carbonyl (C=O) groups is 2.